The number of anilines is 1. The number of methoxy groups -OCH3 is 1. The van der Waals surface area contributed by atoms with Gasteiger partial charge in [0, 0.05) is 12.2 Å². The van der Waals surface area contributed by atoms with Crippen molar-refractivity contribution in [2.24, 2.45) is 0 Å². The molecule has 3 heteroatoms. The van der Waals surface area contributed by atoms with Crippen molar-refractivity contribution in [1.29, 1.82) is 0 Å². The van der Waals surface area contributed by atoms with Crippen LogP contribution in [0.15, 0.2) is 18.2 Å². The maximum Gasteiger partial charge on any atom is 0.328 e. The number of hydrogen-bond acceptors (Lipinski definition) is 3. The standard InChI is InChI=1S/C15H19NO2/c1-18-15(17)14-9-10-16(14)13-8-4-6-11-5-2-3-7-12(11)13/h4,6,8,14H,2-3,5,7,9-10H2,1H3. The molecule has 0 radical (unpaired) electrons. The highest BCUT2D eigenvalue weighted by atomic mass is 16.5. The molecule has 1 saturated heterocycles. The Hall–Kier alpha value is -1.51. The fourth-order valence-corrected chi connectivity index (χ4v) is 3.09. The van der Waals surface area contributed by atoms with Gasteiger partial charge < -0.3 is 9.64 Å². The van der Waals surface area contributed by atoms with Gasteiger partial charge in [0.05, 0.1) is 7.11 Å². The van der Waals surface area contributed by atoms with E-state index in [0.29, 0.717) is 0 Å². The van der Waals surface area contributed by atoms with Gasteiger partial charge in [0.1, 0.15) is 6.04 Å². The van der Waals surface area contributed by atoms with Gasteiger partial charge in [-0.15, -0.1) is 0 Å². The van der Waals surface area contributed by atoms with E-state index in [1.165, 1.54) is 43.2 Å². The third-order valence-electron chi connectivity index (χ3n) is 4.17. The first kappa shape index (κ1) is 11.6. The van der Waals surface area contributed by atoms with E-state index < -0.39 is 0 Å². The first-order valence-corrected chi connectivity index (χ1v) is 6.76. The van der Waals surface area contributed by atoms with Gasteiger partial charge in [-0.3, -0.25) is 0 Å². The maximum absolute atomic E-state index is 11.7. The molecule has 0 spiro atoms. The number of rotatable bonds is 2. The molecule has 96 valence electrons. The second kappa shape index (κ2) is 4.63. The summed E-state index contributed by atoms with van der Waals surface area (Å²) < 4.78 is 4.87. The van der Waals surface area contributed by atoms with E-state index >= 15 is 0 Å². The lowest BCUT2D eigenvalue weighted by molar-refractivity contribution is -0.143. The first-order chi connectivity index (χ1) is 8.81. The van der Waals surface area contributed by atoms with Crippen molar-refractivity contribution in [2.45, 2.75) is 38.1 Å². The Kier molecular flexibility index (Phi) is 2.98. The van der Waals surface area contributed by atoms with E-state index in [9.17, 15) is 4.79 Å². The molecule has 1 heterocycles. The Labute approximate surface area is 108 Å². The van der Waals surface area contributed by atoms with Crippen LogP contribution in [0.3, 0.4) is 0 Å². The van der Waals surface area contributed by atoms with Crippen molar-refractivity contribution < 1.29 is 9.53 Å². The zero-order valence-electron chi connectivity index (χ0n) is 10.8. The Morgan fingerprint density at radius 2 is 2.17 bits per heavy atom. The number of fused-ring (bicyclic) bond motifs is 1. The molecule has 0 amide bonds. The van der Waals surface area contributed by atoms with Gasteiger partial charge in [-0.05, 0) is 49.3 Å². The molecular formula is C15H19NO2. The van der Waals surface area contributed by atoms with Crippen LogP contribution in [-0.4, -0.2) is 25.7 Å². The summed E-state index contributed by atoms with van der Waals surface area (Å²) in [5.41, 5.74) is 4.18. The summed E-state index contributed by atoms with van der Waals surface area (Å²) in [6.07, 6.45) is 5.80. The molecular weight excluding hydrogens is 226 g/mol. The Bertz CT molecular complexity index is 470. The van der Waals surface area contributed by atoms with Crippen molar-refractivity contribution in [3.63, 3.8) is 0 Å². The summed E-state index contributed by atoms with van der Waals surface area (Å²) in [6, 6.07) is 6.43. The number of ether oxygens (including phenoxy) is 1. The van der Waals surface area contributed by atoms with Crippen LogP contribution in [0.25, 0.3) is 0 Å². The minimum Gasteiger partial charge on any atom is -0.467 e. The number of carbonyl (C=O) groups excluding carboxylic acids is 1. The SMILES string of the molecule is COC(=O)C1CCN1c1cccc2c1CCCC2. The minimum absolute atomic E-state index is 0.0663. The first-order valence-electron chi connectivity index (χ1n) is 6.76. The number of carbonyl (C=O) groups is 1. The molecule has 1 atom stereocenters. The second-order valence-corrected chi connectivity index (χ2v) is 5.14. The van der Waals surface area contributed by atoms with E-state index in [4.69, 9.17) is 4.74 Å². The van der Waals surface area contributed by atoms with E-state index in [0.717, 1.165) is 19.4 Å². The second-order valence-electron chi connectivity index (χ2n) is 5.14. The summed E-state index contributed by atoms with van der Waals surface area (Å²) in [4.78, 5) is 13.9. The molecule has 0 bridgehead atoms. The molecule has 0 aromatic heterocycles. The zero-order valence-corrected chi connectivity index (χ0v) is 10.8. The topological polar surface area (TPSA) is 29.5 Å². The number of esters is 1. The van der Waals surface area contributed by atoms with Gasteiger partial charge in [0.15, 0.2) is 0 Å². The fourth-order valence-electron chi connectivity index (χ4n) is 3.09. The van der Waals surface area contributed by atoms with Crippen LogP contribution in [-0.2, 0) is 22.4 Å². The highest BCUT2D eigenvalue weighted by Crippen LogP contribution is 2.35. The van der Waals surface area contributed by atoms with Gasteiger partial charge >= 0.3 is 5.97 Å². The number of benzene rings is 1. The summed E-state index contributed by atoms with van der Waals surface area (Å²) >= 11 is 0. The number of hydrogen-bond donors (Lipinski definition) is 0. The van der Waals surface area contributed by atoms with Crippen molar-refractivity contribution in [1.82, 2.24) is 0 Å². The number of aryl methyl sites for hydroxylation is 1. The van der Waals surface area contributed by atoms with Crippen LogP contribution in [0.2, 0.25) is 0 Å². The minimum atomic E-state index is -0.102. The van der Waals surface area contributed by atoms with E-state index in [1.54, 1.807) is 0 Å². The highest BCUT2D eigenvalue weighted by Gasteiger charge is 2.36. The van der Waals surface area contributed by atoms with E-state index in [-0.39, 0.29) is 12.0 Å². The van der Waals surface area contributed by atoms with Crippen LogP contribution >= 0.6 is 0 Å². The Morgan fingerprint density at radius 3 is 2.89 bits per heavy atom. The lowest BCUT2D eigenvalue weighted by Gasteiger charge is -2.42. The normalized spacial score (nSPS) is 22.1. The Balaban J connectivity index is 1.90. The van der Waals surface area contributed by atoms with Crippen molar-refractivity contribution >= 4 is 11.7 Å². The van der Waals surface area contributed by atoms with E-state index in [2.05, 4.69) is 23.1 Å². The molecule has 1 aromatic carbocycles. The predicted molar refractivity (Wildman–Crippen MR) is 70.9 cm³/mol. The van der Waals surface area contributed by atoms with Crippen molar-refractivity contribution in [3.05, 3.63) is 29.3 Å². The smallest absolute Gasteiger partial charge is 0.328 e. The lowest BCUT2D eigenvalue weighted by atomic mass is 9.88. The summed E-state index contributed by atoms with van der Waals surface area (Å²) in [7, 11) is 1.47. The van der Waals surface area contributed by atoms with E-state index in [1.807, 2.05) is 0 Å². The van der Waals surface area contributed by atoms with Crippen molar-refractivity contribution in [3.8, 4) is 0 Å². The molecule has 1 aromatic rings. The van der Waals surface area contributed by atoms with Crippen LogP contribution in [0.5, 0.6) is 0 Å². The molecule has 2 aliphatic rings. The lowest BCUT2D eigenvalue weighted by Crippen LogP contribution is -2.53. The van der Waals surface area contributed by atoms with Crippen LogP contribution < -0.4 is 4.90 Å². The predicted octanol–water partition coefficient (Wildman–Crippen LogP) is 2.32. The molecule has 18 heavy (non-hydrogen) atoms. The average Bonchev–Trinajstić information content (AvgIpc) is 2.38. The molecule has 0 N–H and O–H groups in total. The number of nitrogens with zero attached hydrogens (tertiary/aromatic N) is 1. The zero-order chi connectivity index (χ0) is 12.5. The molecule has 1 aliphatic heterocycles. The molecule has 1 aliphatic carbocycles. The summed E-state index contributed by atoms with van der Waals surface area (Å²) in [6.45, 7) is 0.968. The van der Waals surface area contributed by atoms with Gasteiger partial charge in [0.2, 0.25) is 0 Å². The summed E-state index contributed by atoms with van der Waals surface area (Å²) in [5.74, 6) is -0.102. The monoisotopic (exact) mass is 245 g/mol. The van der Waals surface area contributed by atoms with Crippen LogP contribution in [0, 0.1) is 0 Å². The van der Waals surface area contributed by atoms with Gasteiger partial charge in [-0.1, -0.05) is 12.1 Å². The van der Waals surface area contributed by atoms with Crippen LogP contribution in [0.1, 0.15) is 30.4 Å². The molecule has 3 nitrogen and oxygen atoms in total. The highest BCUT2D eigenvalue weighted by molar-refractivity contribution is 5.82. The third kappa shape index (κ3) is 1.78. The molecule has 0 saturated carbocycles. The summed E-state index contributed by atoms with van der Waals surface area (Å²) in [5, 5.41) is 0. The maximum atomic E-state index is 11.7. The fraction of sp³-hybridized carbons (Fsp3) is 0.533. The largest absolute Gasteiger partial charge is 0.467 e. The van der Waals surface area contributed by atoms with Gasteiger partial charge in [-0.25, -0.2) is 4.79 Å². The Morgan fingerprint density at radius 1 is 1.33 bits per heavy atom. The van der Waals surface area contributed by atoms with Gasteiger partial charge in [0.25, 0.3) is 0 Å². The quantitative estimate of drug-likeness (QED) is 0.749. The average molecular weight is 245 g/mol. The third-order valence-corrected chi connectivity index (χ3v) is 4.17. The molecule has 1 unspecified atom stereocenters. The molecule has 3 rings (SSSR count). The molecule has 1 fully saturated rings. The van der Waals surface area contributed by atoms with Crippen molar-refractivity contribution in [2.75, 3.05) is 18.6 Å². The van der Waals surface area contributed by atoms with Crippen LogP contribution in [0.4, 0.5) is 5.69 Å². The van der Waals surface area contributed by atoms with Gasteiger partial charge in [-0.2, -0.15) is 0 Å².